The molecule has 2 saturated heterocycles. The van der Waals surface area contributed by atoms with E-state index in [-0.39, 0.29) is 18.0 Å². The summed E-state index contributed by atoms with van der Waals surface area (Å²) in [6.07, 6.45) is 0.700. The highest BCUT2D eigenvalue weighted by molar-refractivity contribution is 7.90. The number of nitrogens with one attached hydrogen (secondary N) is 1. The first-order chi connectivity index (χ1) is 10.7. The highest BCUT2D eigenvalue weighted by atomic mass is 32.2. The first kappa shape index (κ1) is 16.4. The third kappa shape index (κ3) is 2.89. The highest BCUT2D eigenvalue weighted by Crippen LogP contribution is 2.31. The molecule has 1 N–H and O–H groups in total. The third-order valence-electron chi connectivity index (χ3n) is 5.08. The van der Waals surface area contributed by atoms with Gasteiger partial charge < -0.3 is 9.80 Å². The van der Waals surface area contributed by atoms with Crippen molar-refractivity contribution in [1.82, 2.24) is 14.5 Å². The van der Waals surface area contributed by atoms with Gasteiger partial charge in [0.15, 0.2) is 0 Å². The predicted octanol–water partition coefficient (Wildman–Crippen LogP) is 0.305. The molecule has 3 heterocycles. The average Bonchev–Trinajstić information content (AvgIpc) is 2.76. The minimum Gasteiger partial charge on any atom is -0.340 e. The molecule has 128 valence electrons. The van der Waals surface area contributed by atoms with Crippen LogP contribution in [0.3, 0.4) is 0 Å². The van der Waals surface area contributed by atoms with Gasteiger partial charge in [0.25, 0.3) is 0 Å². The van der Waals surface area contributed by atoms with Gasteiger partial charge in [-0.05, 0) is 26.3 Å². The van der Waals surface area contributed by atoms with E-state index < -0.39 is 15.3 Å². The molecule has 3 aliphatic heterocycles. The molecule has 0 aromatic rings. The van der Waals surface area contributed by atoms with Gasteiger partial charge in [-0.1, -0.05) is 0 Å². The Morgan fingerprint density at radius 3 is 2.52 bits per heavy atom. The zero-order valence-corrected chi connectivity index (χ0v) is 14.9. The summed E-state index contributed by atoms with van der Waals surface area (Å²) in [5.74, 6) is 0.877. The molecular weight excluding hydrogens is 316 g/mol. The Balaban J connectivity index is 1.67. The third-order valence-corrected chi connectivity index (χ3v) is 6.92. The lowest BCUT2D eigenvalue weighted by Crippen LogP contribution is -2.60. The Bertz CT molecular complexity index is 692. The lowest BCUT2D eigenvalue weighted by atomic mass is 10.0. The van der Waals surface area contributed by atoms with E-state index >= 15 is 0 Å². The van der Waals surface area contributed by atoms with E-state index in [2.05, 4.69) is 28.5 Å². The number of hydrogen-bond donors (Lipinski definition) is 1. The van der Waals surface area contributed by atoms with Crippen molar-refractivity contribution in [2.75, 3.05) is 19.6 Å². The van der Waals surface area contributed by atoms with Gasteiger partial charge in [0, 0.05) is 44.7 Å². The maximum atomic E-state index is 12.5. The molecule has 0 aliphatic carbocycles. The minimum atomic E-state index is -3.40. The van der Waals surface area contributed by atoms with Gasteiger partial charge in [0.05, 0.1) is 6.04 Å². The van der Waals surface area contributed by atoms with E-state index in [0.29, 0.717) is 26.1 Å². The van der Waals surface area contributed by atoms with Crippen LogP contribution in [0.1, 0.15) is 34.1 Å². The fraction of sp³-hybridized carbons (Fsp3) is 0.733. The molecular formula is C15H24N4O3S. The van der Waals surface area contributed by atoms with Crippen LogP contribution >= 0.6 is 0 Å². The SMILES string of the molecule is CC(=O)N1CC(S(=O)(=O)N[C@H]2CC3=C(C)[C@H](C)N=C(C)N3C2)C1. The van der Waals surface area contributed by atoms with Crippen molar-refractivity contribution in [2.24, 2.45) is 4.99 Å². The molecule has 0 spiro atoms. The number of carbonyl (C=O) groups excluding carboxylic acids is 1. The number of fused-ring (bicyclic) bond motifs is 1. The molecule has 2 atom stereocenters. The normalized spacial score (nSPS) is 28.6. The molecule has 2 fully saturated rings. The topological polar surface area (TPSA) is 82.1 Å². The standard InChI is InChI=1S/C15H24N4O3S/c1-9-10(2)16-11(3)19-6-13(5-15(9)19)17-23(21,22)14-7-18(8-14)12(4)20/h10,13-14,17H,5-8H2,1-4H3/t10-,13-/m0/s1. The maximum Gasteiger partial charge on any atom is 0.219 e. The molecule has 3 aliphatic rings. The summed E-state index contributed by atoms with van der Waals surface area (Å²) in [5.41, 5.74) is 2.40. The van der Waals surface area contributed by atoms with E-state index in [9.17, 15) is 13.2 Å². The van der Waals surface area contributed by atoms with Gasteiger partial charge in [0.1, 0.15) is 11.1 Å². The van der Waals surface area contributed by atoms with Crippen LogP contribution in [-0.4, -0.2) is 66.9 Å². The van der Waals surface area contributed by atoms with Gasteiger partial charge in [0.2, 0.25) is 15.9 Å². The summed E-state index contributed by atoms with van der Waals surface area (Å²) >= 11 is 0. The fourth-order valence-corrected chi connectivity index (χ4v) is 4.99. The molecule has 0 aromatic carbocycles. The number of carbonyl (C=O) groups is 1. The van der Waals surface area contributed by atoms with Crippen LogP contribution in [0.25, 0.3) is 0 Å². The Morgan fingerprint density at radius 2 is 1.91 bits per heavy atom. The lowest BCUT2D eigenvalue weighted by molar-refractivity contribution is -0.131. The van der Waals surface area contributed by atoms with Crippen LogP contribution in [-0.2, 0) is 14.8 Å². The average molecular weight is 340 g/mol. The van der Waals surface area contributed by atoms with E-state index in [1.165, 1.54) is 18.2 Å². The number of sulfonamides is 1. The van der Waals surface area contributed by atoms with Gasteiger partial charge in [-0.15, -0.1) is 0 Å². The summed E-state index contributed by atoms with van der Waals surface area (Å²) in [6, 6.07) is 0.0270. The Morgan fingerprint density at radius 1 is 1.26 bits per heavy atom. The van der Waals surface area contributed by atoms with Crippen molar-refractivity contribution in [2.45, 2.75) is 51.4 Å². The summed E-state index contributed by atoms with van der Waals surface area (Å²) < 4.78 is 27.7. The highest BCUT2D eigenvalue weighted by Gasteiger charge is 2.41. The minimum absolute atomic E-state index is 0.0731. The summed E-state index contributed by atoms with van der Waals surface area (Å²) in [4.78, 5) is 19.5. The molecule has 1 amide bonds. The van der Waals surface area contributed by atoms with Crippen LogP contribution < -0.4 is 4.72 Å². The van der Waals surface area contributed by atoms with Crippen molar-refractivity contribution in [3.05, 3.63) is 11.3 Å². The molecule has 0 saturated carbocycles. The number of hydrogen-bond acceptors (Lipinski definition) is 5. The van der Waals surface area contributed by atoms with Gasteiger partial charge >= 0.3 is 0 Å². The summed E-state index contributed by atoms with van der Waals surface area (Å²) in [7, 11) is -3.40. The van der Waals surface area contributed by atoms with Crippen LogP contribution in [0.2, 0.25) is 0 Å². The zero-order valence-electron chi connectivity index (χ0n) is 14.0. The van der Waals surface area contributed by atoms with Crippen molar-refractivity contribution in [3.8, 4) is 0 Å². The summed E-state index contributed by atoms with van der Waals surface area (Å²) in [6.45, 7) is 8.76. The number of amidine groups is 1. The van der Waals surface area contributed by atoms with Gasteiger partial charge in [-0.2, -0.15) is 0 Å². The zero-order chi connectivity index (χ0) is 16.9. The number of amides is 1. The van der Waals surface area contributed by atoms with Crippen molar-refractivity contribution in [3.63, 3.8) is 0 Å². The number of rotatable bonds is 3. The number of aliphatic imine (C=N–C) groups is 1. The number of nitrogens with zero attached hydrogens (tertiary/aromatic N) is 3. The molecule has 0 aromatic heterocycles. The van der Waals surface area contributed by atoms with E-state index in [1.54, 1.807) is 4.90 Å². The predicted molar refractivity (Wildman–Crippen MR) is 88.5 cm³/mol. The Kier molecular flexibility index (Phi) is 4.00. The molecule has 0 bridgehead atoms. The van der Waals surface area contributed by atoms with Crippen molar-refractivity contribution in [1.29, 1.82) is 0 Å². The molecule has 0 unspecified atom stereocenters. The van der Waals surface area contributed by atoms with Crippen LogP contribution in [0.4, 0.5) is 0 Å². The van der Waals surface area contributed by atoms with Crippen LogP contribution in [0, 0.1) is 0 Å². The molecule has 8 heteroatoms. The van der Waals surface area contributed by atoms with E-state index in [0.717, 1.165) is 5.84 Å². The Hall–Kier alpha value is -1.41. The van der Waals surface area contributed by atoms with Crippen molar-refractivity contribution < 1.29 is 13.2 Å². The van der Waals surface area contributed by atoms with Gasteiger partial charge in [-0.3, -0.25) is 9.79 Å². The Labute approximate surface area is 137 Å². The van der Waals surface area contributed by atoms with Crippen molar-refractivity contribution >= 4 is 21.8 Å². The maximum absolute atomic E-state index is 12.5. The quantitative estimate of drug-likeness (QED) is 0.801. The monoisotopic (exact) mass is 340 g/mol. The molecule has 23 heavy (non-hydrogen) atoms. The second-order valence-electron chi connectivity index (χ2n) is 6.70. The fourth-order valence-electron chi connectivity index (χ4n) is 3.43. The lowest BCUT2D eigenvalue weighted by Gasteiger charge is -2.38. The first-order valence-corrected chi connectivity index (χ1v) is 9.52. The molecule has 3 rings (SSSR count). The van der Waals surface area contributed by atoms with Crippen LogP contribution in [0.5, 0.6) is 0 Å². The number of likely N-dealkylation sites (tertiary alicyclic amines) is 1. The van der Waals surface area contributed by atoms with E-state index in [1.807, 2.05) is 6.92 Å². The smallest absolute Gasteiger partial charge is 0.219 e. The molecule has 7 nitrogen and oxygen atoms in total. The second-order valence-corrected chi connectivity index (χ2v) is 8.69. The molecule has 0 radical (unpaired) electrons. The summed E-state index contributed by atoms with van der Waals surface area (Å²) in [5, 5.41) is -0.493. The van der Waals surface area contributed by atoms with Gasteiger partial charge in [-0.25, -0.2) is 13.1 Å². The van der Waals surface area contributed by atoms with Crippen LogP contribution in [0.15, 0.2) is 16.3 Å². The second kappa shape index (κ2) is 5.59. The van der Waals surface area contributed by atoms with E-state index in [4.69, 9.17) is 0 Å². The first-order valence-electron chi connectivity index (χ1n) is 7.97. The largest absolute Gasteiger partial charge is 0.340 e.